The zero-order chi connectivity index (χ0) is 30.5. The molecule has 0 saturated carbocycles. The Morgan fingerprint density at radius 1 is 0.391 bits per heavy atom. The predicted molar refractivity (Wildman–Crippen MR) is 190 cm³/mol. The van der Waals surface area contributed by atoms with Crippen LogP contribution in [0.1, 0.15) is 0 Å². The first-order valence-corrected chi connectivity index (χ1v) is 15.5. The lowest BCUT2D eigenvalue weighted by Gasteiger charge is -2.12. The summed E-state index contributed by atoms with van der Waals surface area (Å²) in [5.41, 5.74) is 10.7. The molecule has 0 aliphatic carbocycles. The van der Waals surface area contributed by atoms with Crippen molar-refractivity contribution in [3.05, 3.63) is 170 Å². The normalized spacial score (nSPS) is 11.5. The number of aromatic nitrogens is 4. The Balaban J connectivity index is 1.20. The zero-order valence-corrected chi connectivity index (χ0v) is 25.0. The molecule has 0 amide bonds. The molecule has 46 heavy (non-hydrogen) atoms. The second-order valence-corrected chi connectivity index (χ2v) is 11.5. The maximum Gasteiger partial charge on any atom is 0.160 e. The number of rotatable bonds is 5. The van der Waals surface area contributed by atoms with E-state index in [0.717, 1.165) is 39.5 Å². The van der Waals surface area contributed by atoms with Gasteiger partial charge in [-0.15, -0.1) is 0 Å². The third-order valence-corrected chi connectivity index (χ3v) is 8.77. The number of benzene rings is 6. The van der Waals surface area contributed by atoms with Crippen molar-refractivity contribution in [1.82, 2.24) is 19.1 Å². The molecule has 0 spiro atoms. The van der Waals surface area contributed by atoms with Gasteiger partial charge in [-0.2, -0.15) is 0 Å². The Morgan fingerprint density at radius 3 is 1.67 bits per heavy atom. The van der Waals surface area contributed by atoms with Crippen molar-refractivity contribution in [1.29, 1.82) is 0 Å². The first-order valence-electron chi connectivity index (χ1n) is 15.5. The smallest absolute Gasteiger partial charge is 0.160 e. The van der Waals surface area contributed by atoms with E-state index < -0.39 is 0 Å². The molecule has 0 radical (unpaired) electrons. The molecule has 3 heterocycles. The number of hydrogen-bond donors (Lipinski definition) is 0. The fraction of sp³-hybridized carbons (Fsp3) is 0. The maximum atomic E-state index is 5.04. The quantitative estimate of drug-likeness (QED) is 0.200. The van der Waals surface area contributed by atoms with Gasteiger partial charge in [0.1, 0.15) is 0 Å². The number of para-hydroxylation sites is 2. The molecule has 216 valence electrons. The van der Waals surface area contributed by atoms with Gasteiger partial charge in [-0.1, -0.05) is 97.1 Å². The van der Waals surface area contributed by atoms with E-state index in [4.69, 9.17) is 9.97 Å². The highest BCUT2D eigenvalue weighted by atomic mass is 15.0. The lowest BCUT2D eigenvalue weighted by molar-refractivity contribution is 1.12. The first kappa shape index (κ1) is 26.2. The second kappa shape index (κ2) is 10.7. The van der Waals surface area contributed by atoms with Crippen LogP contribution < -0.4 is 0 Å². The summed E-state index contributed by atoms with van der Waals surface area (Å²) in [4.78, 5) is 10.1. The highest BCUT2D eigenvalue weighted by Gasteiger charge is 2.16. The van der Waals surface area contributed by atoms with E-state index >= 15 is 0 Å². The molecule has 9 rings (SSSR count). The molecule has 0 atom stereocenters. The highest BCUT2D eigenvalue weighted by molar-refractivity contribution is 6.13. The Kier molecular flexibility index (Phi) is 6.10. The van der Waals surface area contributed by atoms with Gasteiger partial charge in [0.05, 0.1) is 27.9 Å². The minimum absolute atomic E-state index is 0.705. The highest BCUT2D eigenvalue weighted by Crippen LogP contribution is 2.36. The van der Waals surface area contributed by atoms with E-state index in [2.05, 4.69) is 143 Å². The fourth-order valence-electron chi connectivity index (χ4n) is 6.54. The van der Waals surface area contributed by atoms with Crippen LogP contribution in [-0.4, -0.2) is 19.1 Å². The number of fused-ring (bicyclic) bond motifs is 4. The van der Waals surface area contributed by atoms with Crippen LogP contribution in [0.5, 0.6) is 0 Å². The molecule has 0 unspecified atom stereocenters. The summed E-state index contributed by atoms with van der Waals surface area (Å²) in [6.45, 7) is 0. The fourth-order valence-corrected chi connectivity index (χ4v) is 6.54. The Bertz CT molecular complexity index is 2430. The molecule has 0 saturated heterocycles. The minimum atomic E-state index is 0.705. The van der Waals surface area contributed by atoms with Crippen molar-refractivity contribution in [3.8, 4) is 45.3 Å². The Hall–Kier alpha value is -6.26. The molecular formula is C42H28N4. The molecule has 0 aliphatic rings. The first-order chi connectivity index (χ1) is 22.8. The SMILES string of the molecule is c1ccc(-c2cc(-c3ccccc3)nc(-c3ccc(-n4c5ccccc5c5cc6ccn(-c7ccccc7)c6cc54)cc3)n2)cc1. The number of nitrogens with zero attached hydrogens (tertiary/aromatic N) is 4. The summed E-state index contributed by atoms with van der Waals surface area (Å²) >= 11 is 0. The monoisotopic (exact) mass is 588 g/mol. The third kappa shape index (κ3) is 4.39. The van der Waals surface area contributed by atoms with Crippen LogP contribution in [0.15, 0.2) is 170 Å². The third-order valence-electron chi connectivity index (χ3n) is 8.77. The van der Waals surface area contributed by atoms with Crippen molar-refractivity contribution in [3.63, 3.8) is 0 Å². The second-order valence-electron chi connectivity index (χ2n) is 11.5. The molecule has 4 heteroatoms. The van der Waals surface area contributed by atoms with Crippen molar-refractivity contribution < 1.29 is 0 Å². The van der Waals surface area contributed by atoms with Gasteiger partial charge in [-0.3, -0.25) is 0 Å². The summed E-state index contributed by atoms with van der Waals surface area (Å²) in [6, 6.07) is 57.4. The topological polar surface area (TPSA) is 35.6 Å². The summed E-state index contributed by atoms with van der Waals surface area (Å²) < 4.78 is 4.63. The van der Waals surface area contributed by atoms with Gasteiger partial charge in [0.25, 0.3) is 0 Å². The predicted octanol–water partition coefficient (Wildman–Crippen LogP) is 10.5. The standard InChI is InChI=1S/C42H28N4/c1-4-12-29(13-5-1)37-27-38(30-14-6-2-7-15-30)44-42(43-37)31-20-22-34(23-21-31)46-39-19-11-10-18-35(39)36-26-32-24-25-45(40(32)28-41(36)46)33-16-8-3-9-17-33/h1-28H. The molecule has 9 aromatic rings. The maximum absolute atomic E-state index is 5.04. The summed E-state index contributed by atoms with van der Waals surface area (Å²) in [5, 5.41) is 3.70. The van der Waals surface area contributed by atoms with E-state index in [0.29, 0.717) is 5.82 Å². The van der Waals surface area contributed by atoms with Gasteiger partial charge in [0, 0.05) is 50.4 Å². The van der Waals surface area contributed by atoms with Crippen LogP contribution >= 0.6 is 0 Å². The van der Waals surface area contributed by atoms with Gasteiger partial charge in [-0.05, 0) is 66.7 Å². The molecular weight excluding hydrogens is 560 g/mol. The van der Waals surface area contributed by atoms with E-state index in [1.54, 1.807) is 0 Å². The van der Waals surface area contributed by atoms with E-state index in [9.17, 15) is 0 Å². The summed E-state index contributed by atoms with van der Waals surface area (Å²) in [6.07, 6.45) is 2.16. The average molecular weight is 589 g/mol. The molecule has 3 aromatic heterocycles. The van der Waals surface area contributed by atoms with Gasteiger partial charge >= 0.3 is 0 Å². The van der Waals surface area contributed by atoms with Crippen LogP contribution in [0.4, 0.5) is 0 Å². The van der Waals surface area contributed by atoms with Gasteiger partial charge in [0.15, 0.2) is 5.82 Å². The van der Waals surface area contributed by atoms with Crippen molar-refractivity contribution in [2.45, 2.75) is 0 Å². The van der Waals surface area contributed by atoms with Crippen LogP contribution in [0.3, 0.4) is 0 Å². The molecule has 6 aromatic carbocycles. The number of hydrogen-bond acceptors (Lipinski definition) is 2. The van der Waals surface area contributed by atoms with Crippen LogP contribution in [0.25, 0.3) is 78.0 Å². The lowest BCUT2D eigenvalue weighted by Crippen LogP contribution is -1.97. The van der Waals surface area contributed by atoms with Gasteiger partial charge < -0.3 is 9.13 Å². The van der Waals surface area contributed by atoms with E-state index in [-0.39, 0.29) is 0 Å². The Morgan fingerprint density at radius 2 is 1.00 bits per heavy atom. The minimum Gasteiger partial charge on any atom is -0.316 e. The lowest BCUT2D eigenvalue weighted by atomic mass is 10.1. The van der Waals surface area contributed by atoms with Crippen LogP contribution in [0.2, 0.25) is 0 Å². The average Bonchev–Trinajstić information content (AvgIpc) is 3.70. The molecule has 4 nitrogen and oxygen atoms in total. The Labute approximate surface area is 266 Å². The van der Waals surface area contributed by atoms with Crippen molar-refractivity contribution >= 4 is 32.7 Å². The molecule has 0 aliphatic heterocycles. The zero-order valence-electron chi connectivity index (χ0n) is 25.0. The molecule has 0 fully saturated rings. The van der Waals surface area contributed by atoms with Crippen molar-refractivity contribution in [2.24, 2.45) is 0 Å². The van der Waals surface area contributed by atoms with E-state index in [1.807, 2.05) is 36.4 Å². The van der Waals surface area contributed by atoms with Crippen molar-refractivity contribution in [2.75, 3.05) is 0 Å². The summed E-state index contributed by atoms with van der Waals surface area (Å²) in [5.74, 6) is 0.705. The molecule has 0 bridgehead atoms. The largest absolute Gasteiger partial charge is 0.316 e. The van der Waals surface area contributed by atoms with E-state index in [1.165, 1.54) is 32.7 Å². The molecule has 0 N–H and O–H groups in total. The van der Waals surface area contributed by atoms with Crippen LogP contribution in [-0.2, 0) is 0 Å². The van der Waals surface area contributed by atoms with Gasteiger partial charge in [-0.25, -0.2) is 9.97 Å². The summed E-state index contributed by atoms with van der Waals surface area (Å²) in [7, 11) is 0. The van der Waals surface area contributed by atoms with Crippen LogP contribution in [0, 0.1) is 0 Å². The van der Waals surface area contributed by atoms with Gasteiger partial charge in [0.2, 0.25) is 0 Å².